The molecule has 0 radical (unpaired) electrons. The highest BCUT2D eigenvalue weighted by atomic mass is 28.4. The molecule has 6 heteroatoms. The average molecular weight is 376 g/mol. The molecule has 0 aliphatic carbocycles. The van der Waals surface area contributed by atoms with E-state index in [0.29, 0.717) is 19.3 Å². The Kier molecular flexibility index (Phi) is 10.5. The maximum Gasteiger partial charge on any atom is 0.246 e. The topological polar surface area (TPSA) is 59.0 Å². The van der Waals surface area contributed by atoms with Crippen molar-refractivity contribution in [2.45, 2.75) is 97.1 Å². The number of carbonyl (C=O) groups excluding carboxylic acids is 1. The molecule has 0 saturated carbocycles. The molecule has 0 aliphatic rings. The Morgan fingerprint density at radius 2 is 1.80 bits per heavy atom. The summed E-state index contributed by atoms with van der Waals surface area (Å²) in [4.78, 5) is 16.8. The molecular weight excluding hydrogens is 334 g/mol. The molecule has 0 bridgehead atoms. The van der Waals surface area contributed by atoms with Gasteiger partial charge in [0.25, 0.3) is 0 Å². The smallest absolute Gasteiger partial charge is 0.246 e. The van der Waals surface area contributed by atoms with Crippen LogP contribution in [0.15, 0.2) is 0 Å². The van der Waals surface area contributed by atoms with E-state index in [-0.39, 0.29) is 23.0 Å². The van der Waals surface area contributed by atoms with Gasteiger partial charge in [0.15, 0.2) is 8.32 Å². The van der Waals surface area contributed by atoms with Crippen molar-refractivity contribution < 1.29 is 19.2 Å². The van der Waals surface area contributed by atoms with Crippen LogP contribution in [0.25, 0.3) is 0 Å². The standard InChI is InChI=1S/C19H41NO4Si/c1-10-11-17(24-25(8,9)19(3,4)5)14-16(21)12-15(2)13-18(22)20(6)23-7/h15-17,21H,10-14H2,1-9H3/t15-,16-,17-/m0/s1. The number of nitrogens with zero attached hydrogens (tertiary/aromatic N) is 1. The average Bonchev–Trinajstić information content (AvgIpc) is 2.44. The van der Waals surface area contributed by atoms with Crippen molar-refractivity contribution in [2.24, 2.45) is 5.92 Å². The van der Waals surface area contributed by atoms with E-state index in [1.54, 1.807) is 7.05 Å². The molecule has 0 saturated heterocycles. The molecule has 0 heterocycles. The summed E-state index contributed by atoms with van der Waals surface area (Å²) in [6.07, 6.45) is 3.26. The second-order valence-corrected chi connectivity index (χ2v) is 13.6. The number of aliphatic hydroxyl groups excluding tert-OH is 1. The molecule has 0 rings (SSSR count). The fourth-order valence-corrected chi connectivity index (χ4v) is 4.02. The van der Waals surface area contributed by atoms with E-state index in [1.165, 1.54) is 12.2 Å². The third-order valence-electron chi connectivity index (χ3n) is 5.24. The Hall–Kier alpha value is -0.433. The number of hydroxylamine groups is 2. The molecule has 25 heavy (non-hydrogen) atoms. The van der Waals surface area contributed by atoms with Crippen LogP contribution >= 0.6 is 0 Å². The summed E-state index contributed by atoms with van der Waals surface area (Å²) in [6, 6.07) is 0. The van der Waals surface area contributed by atoms with Gasteiger partial charge in [-0.15, -0.1) is 0 Å². The van der Waals surface area contributed by atoms with Gasteiger partial charge in [-0.3, -0.25) is 9.63 Å². The van der Waals surface area contributed by atoms with Crippen molar-refractivity contribution in [3.05, 3.63) is 0 Å². The first-order valence-electron chi connectivity index (χ1n) is 9.50. The van der Waals surface area contributed by atoms with Crippen molar-refractivity contribution in [3.8, 4) is 0 Å². The predicted octanol–water partition coefficient (Wildman–Crippen LogP) is 4.36. The molecule has 0 spiro atoms. The van der Waals surface area contributed by atoms with Gasteiger partial charge in [-0.2, -0.15) is 0 Å². The monoisotopic (exact) mass is 375 g/mol. The Morgan fingerprint density at radius 3 is 2.24 bits per heavy atom. The Bertz CT molecular complexity index is 395. The fraction of sp³-hybridized carbons (Fsp3) is 0.947. The molecule has 0 aromatic rings. The van der Waals surface area contributed by atoms with Gasteiger partial charge in [0.05, 0.1) is 13.2 Å². The molecular formula is C19H41NO4Si. The summed E-state index contributed by atoms with van der Waals surface area (Å²) < 4.78 is 6.52. The maximum absolute atomic E-state index is 11.9. The fourth-order valence-electron chi connectivity index (χ4n) is 2.62. The highest BCUT2D eigenvalue weighted by Gasteiger charge is 2.39. The molecule has 0 aliphatic heterocycles. The van der Waals surface area contributed by atoms with Crippen LogP contribution < -0.4 is 0 Å². The molecule has 3 atom stereocenters. The van der Waals surface area contributed by atoms with Crippen LogP contribution in [0.5, 0.6) is 0 Å². The first-order valence-corrected chi connectivity index (χ1v) is 12.4. The third-order valence-corrected chi connectivity index (χ3v) is 9.77. The second-order valence-electron chi connectivity index (χ2n) is 8.80. The van der Waals surface area contributed by atoms with E-state index in [0.717, 1.165) is 12.8 Å². The van der Waals surface area contributed by atoms with Crippen molar-refractivity contribution in [1.29, 1.82) is 0 Å². The minimum atomic E-state index is -1.85. The maximum atomic E-state index is 11.9. The van der Waals surface area contributed by atoms with E-state index in [9.17, 15) is 9.90 Å². The summed E-state index contributed by atoms with van der Waals surface area (Å²) in [5.41, 5.74) is 0. The zero-order chi connectivity index (χ0) is 19.8. The number of hydrogen-bond acceptors (Lipinski definition) is 4. The zero-order valence-electron chi connectivity index (χ0n) is 17.9. The third kappa shape index (κ3) is 9.17. The summed E-state index contributed by atoms with van der Waals surface area (Å²) >= 11 is 0. The summed E-state index contributed by atoms with van der Waals surface area (Å²) in [5.74, 6) is 0.0417. The lowest BCUT2D eigenvalue weighted by Crippen LogP contribution is -2.44. The van der Waals surface area contributed by atoms with Crippen LogP contribution in [0.2, 0.25) is 18.1 Å². The SMILES string of the molecule is CCC[C@@H](C[C@@H](O)C[C@H](C)CC(=O)N(C)OC)O[Si](C)(C)C(C)(C)C. The molecule has 1 N–H and O–H groups in total. The molecule has 1 amide bonds. The van der Waals surface area contributed by atoms with E-state index in [1.807, 2.05) is 6.92 Å². The van der Waals surface area contributed by atoms with Gasteiger partial charge in [0.1, 0.15) is 0 Å². The van der Waals surface area contributed by atoms with E-state index < -0.39 is 14.4 Å². The summed E-state index contributed by atoms with van der Waals surface area (Å²) in [5, 5.41) is 11.9. The van der Waals surface area contributed by atoms with Gasteiger partial charge in [-0.1, -0.05) is 41.0 Å². The van der Waals surface area contributed by atoms with E-state index >= 15 is 0 Å². The van der Waals surface area contributed by atoms with E-state index in [2.05, 4.69) is 40.8 Å². The second kappa shape index (κ2) is 10.7. The van der Waals surface area contributed by atoms with Crippen LogP contribution in [0.1, 0.15) is 66.7 Å². The van der Waals surface area contributed by atoms with Gasteiger partial charge in [0.2, 0.25) is 5.91 Å². The van der Waals surface area contributed by atoms with Crippen LogP contribution in [0.3, 0.4) is 0 Å². The minimum absolute atomic E-state index is 0.0650. The first-order chi connectivity index (χ1) is 11.3. The Balaban J connectivity index is 4.64. The summed E-state index contributed by atoms with van der Waals surface area (Å²) in [6.45, 7) is 15.4. The largest absolute Gasteiger partial charge is 0.414 e. The van der Waals surface area contributed by atoms with Gasteiger partial charge in [-0.25, -0.2) is 5.06 Å². The van der Waals surface area contributed by atoms with Crippen LogP contribution in [0, 0.1) is 5.92 Å². The van der Waals surface area contributed by atoms with Gasteiger partial charge in [-0.05, 0) is 43.3 Å². The van der Waals surface area contributed by atoms with Crippen molar-refractivity contribution in [1.82, 2.24) is 5.06 Å². The van der Waals surface area contributed by atoms with Crippen LogP contribution in [-0.4, -0.2) is 50.8 Å². The molecule has 5 nitrogen and oxygen atoms in total. The highest BCUT2D eigenvalue weighted by Crippen LogP contribution is 2.38. The van der Waals surface area contributed by atoms with Crippen molar-refractivity contribution >= 4 is 14.2 Å². The van der Waals surface area contributed by atoms with Crippen LogP contribution in [0.4, 0.5) is 0 Å². The zero-order valence-corrected chi connectivity index (χ0v) is 18.9. The number of hydrogen-bond donors (Lipinski definition) is 1. The first kappa shape index (κ1) is 24.6. The molecule has 0 aromatic carbocycles. The van der Waals surface area contributed by atoms with Crippen molar-refractivity contribution in [2.75, 3.05) is 14.2 Å². The number of aliphatic hydroxyl groups is 1. The lowest BCUT2D eigenvalue weighted by Gasteiger charge is -2.40. The van der Waals surface area contributed by atoms with Crippen molar-refractivity contribution in [3.63, 3.8) is 0 Å². The minimum Gasteiger partial charge on any atom is -0.414 e. The van der Waals surface area contributed by atoms with Gasteiger partial charge >= 0.3 is 0 Å². The normalized spacial score (nSPS) is 16.4. The molecule has 0 unspecified atom stereocenters. The number of rotatable bonds is 11. The van der Waals surface area contributed by atoms with Gasteiger partial charge in [0, 0.05) is 19.6 Å². The Morgan fingerprint density at radius 1 is 1.24 bits per heavy atom. The van der Waals surface area contributed by atoms with E-state index in [4.69, 9.17) is 9.26 Å². The lowest BCUT2D eigenvalue weighted by atomic mass is 9.95. The predicted molar refractivity (Wildman–Crippen MR) is 106 cm³/mol. The highest BCUT2D eigenvalue weighted by molar-refractivity contribution is 6.74. The Labute approximate surface area is 156 Å². The lowest BCUT2D eigenvalue weighted by molar-refractivity contribution is -0.169. The molecule has 0 aromatic heterocycles. The quantitative estimate of drug-likeness (QED) is 0.430. The van der Waals surface area contributed by atoms with Gasteiger partial charge < -0.3 is 9.53 Å². The number of amides is 1. The summed E-state index contributed by atoms with van der Waals surface area (Å²) in [7, 11) is 1.24. The molecule has 150 valence electrons. The number of carbonyl (C=O) groups is 1. The van der Waals surface area contributed by atoms with Crippen LogP contribution in [-0.2, 0) is 14.1 Å². The molecule has 0 fully saturated rings.